The molecule has 2 heteroatoms. The van der Waals surface area contributed by atoms with E-state index in [0.717, 1.165) is 40.7 Å². The molecule has 0 saturated heterocycles. The molecular formula is C24H38O2. The summed E-state index contributed by atoms with van der Waals surface area (Å²) >= 11 is 0. The van der Waals surface area contributed by atoms with E-state index in [1.165, 1.54) is 18.4 Å². The van der Waals surface area contributed by atoms with Crippen molar-refractivity contribution in [3.63, 3.8) is 0 Å². The van der Waals surface area contributed by atoms with E-state index in [4.69, 9.17) is 4.79 Å². The van der Waals surface area contributed by atoms with Gasteiger partial charge in [-0.05, 0) is 56.4 Å². The minimum Gasteiger partial charge on any atom is -0.307 e. The summed E-state index contributed by atoms with van der Waals surface area (Å²) in [5.74, 6) is 0.246. The number of rotatable bonds is 8. The molecule has 2 nitrogen and oxygen atoms in total. The molecule has 1 aromatic rings. The van der Waals surface area contributed by atoms with E-state index in [2.05, 4.69) is 45.5 Å². The van der Waals surface area contributed by atoms with Crippen LogP contribution in [0, 0.1) is 6.92 Å². The fourth-order valence-corrected chi connectivity index (χ4v) is 2.72. The molecule has 0 aliphatic carbocycles. The Labute approximate surface area is 161 Å². The van der Waals surface area contributed by atoms with Crippen LogP contribution in [0.25, 0.3) is 11.1 Å². The number of unbranched alkanes of at least 4 members (excludes halogenated alkanes) is 2. The van der Waals surface area contributed by atoms with Crippen LogP contribution >= 0.6 is 0 Å². The van der Waals surface area contributed by atoms with Gasteiger partial charge in [0.15, 0.2) is 5.78 Å². The molecule has 0 amide bonds. The molecule has 0 spiro atoms. The maximum absolute atomic E-state index is 12.5. The zero-order valence-corrected chi connectivity index (χ0v) is 18.0. The monoisotopic (exact) mass is 358 g/mol. The number of benzene rings is 1. The number of hydrogen-bond donors (Lipinski definition) is 0. The van der Waals surface area contributed by atoms with Crippen molar-refractivity contribution < 1.29 is 9.59 Å². The largest absolute Gasteiger partial charge is 0.307 e. The fraction of sp³-hybridized carbons (Fsp3) is 0.500. The zero-order chi connectivity index (χ0) is 20.7. The van der Waals surface area contributed by atoms with Gasteiger partial charge in [0.05, 0.1) is 0 Å². The van der Waals surface area contributed by atoms with Crippen molar-refractivity contribution in [1.82, 2.24) is 0 Å². The standard InChI is InChI=1S/C21H30O.C2H6.CH2O/c1-7-9-10-11-17(6)21(20(22)8-2)19-14-18(15(3)4)13-12-16(19)5;2*1-2/h12-14H,3,7-11H2,1-2,4-6H3;1-2H3;1H2/b21-17+;;. The summed E-state index contributed by atoms with van der Waals surface area (Å²) in [5, 5.41) is 0. The van der Waals surface area contributed by atoms with Crippen molar-refractivity contribution in [3.05, 3.63) is 47.0 Å². The van der Waals surface area contributed by atoms with Gasteiger partial charge < -0.3 is 4.79 Å². The quantitative estimate of drug-likeness (QED) is 0.363. The van der Waals surface area contributed by atoms with E-state index in [1.54, 1.807) is 0 Å². The van der Waals surface area contributed by atoms with Crippen molar-refractivity contribution in [2.45, 2.75) is 80.6 Å². The third kappa shape index (κ3) is 8.42. The molecule has 0 heterocycles. The Morgan fingerprint density at radius 3 is 2.08 bits per heavy atom. The smallest absolute Gasteiger partial charge is 0.163 e. The number of hydrogen-bond acceptors (Lipinski definition) is 2. The average molecular weight is 359 g/mol. The maximum atomic E-state index is 12.5. The second-order valence-corrected chi connectivity index (χ2v) is 6.20. The number of Topliss-reactive ketones (excluding diaryl/α,β-unsaturated/α-hetero) is 1. The highest BCUT2D eigenvalue weighted by Crippen LogP contribution is 2.29. The van der Waals surface area contributed by atoms with Gasteiger partial charge in [0.1, 0.15) is 6.79 Å². The first-order valence-corrected chi connectivity index (χ1v) is 9.71. The fourth-order valence-electron chi connectivity index (χ4n) is 2.72. The Morgan fingerprint density at radius 2 is 1.62 bits per heavy atom. The molecule has 0 aromatic heterocycles. The van der Waals surface area contributed by atoms with Gasteiger partial charge in [0.2, 0.25) is 0 Å². The van der Waals surface area contributed by atoms with Crippen molar-refractivity contribution in [1.29, 1.82) is 0 Å². The van der Waals surface area contributed by atoms with Crippen molar-refractivity contribution in [2.75, 3.05) is 0 Å². The minimum absolute atomic E-state index is 0.246. The summed E-state index contributed by atoms with van der Waals surface area (Å²) < 4.78 is 0. The third-order valence-electron chi connectivity index (χ3n) is 4.18. The van der Waals surface area contributed by atoms with Crippen LogP contribution in [-0.4, -0.2) is 12.6 Å². The van der Waals surface area contributed by atoms with E-state index < -0.39 is 0 Å². The molecule has 0 fully saturated rings. The number of carbonyl (C=O) groups excluding carboxylic acids is 2. The predicted molar refractivity (Wildman–Crippen MR) is 116 cm³/mol. The van der Waals surface area contributed by atoms with Gasteiger partial charge in [-0.15, -0.1) is 0 Å². The van der Waals surface area contributed by atoms with Crippen LogP contribution in [0.4, 0.5) is 0 Å². The highest BCUT2D eigenvalue weighted by Gasteiger charge is 2.16. The minimum atomic E-state index is 0.246. The molecule has 1 aromatic carbocycles. The Hall–Kier alpha value is -1.96. The molecule has 0 N–H and O–H groups in total. The van der Waals surface area contributed by atoms with Gasteiger partial charge in [0.25, 0.3) is 0 Å². The molecular weight excluding hydrogens is 320 g/mol. The van der Waals surface area contributed by atoms with Crippen molar-refractivity contribution >= 4 is 23.7 Å². The van der Waals surface area contributed by atoms with Crippen LogP contribution in [0.3, 0.4) is 0 Å². The lowest BCUT2D eigenvalue weighted by atomic mass is 9.88. The Bertz CT molecular complexity index is 594. The Kier molecular flexibility index (Phi) is 15.5. The molecule has 0 unspecified atom stereocenters. The van der Waals surface area contributed by atoms with E-state index in [9.17, 15) is 4.79 Å². The van der Waals surface area contributed by atoms with Crippen molar-refractivity contribution in [2.24, 2.45) is 0 Å². The highest BCUT2D eigenvalue weighted by atomic mass is 16.1. The molecule has 26 heavy (non-hydrogen) atoms. The molecule has 0 radical (unpaired) electrons. The molecule has 0 bridgehead atoms. The number of aryl methyl sites for hydroxylation is 1. The lowest BCUT2D eigenvalue weighted by Gasteiger charge is -2.15. The lowest BCUT2D eigenvalue weighted by molar-refractivity contribution is -0.113. The zero-order valence-electron chi connectivity index (χ0n) is 18.0. The Morgan fingerprint density at radius 1 is 1.04 bits per heavy atom. The highest BCUT2D eigenvalue weighted by molar-refractivity contribution is 6.22. The van der Waals surface area contributed by atoms with Crippen molar-refractivity contribution in [3.8, 4) is 0 Å². The summed E-state index contributed by atoms with van der Waals surface area (Å²) in [7, 11) is 0. The van der Waals surface area contributed by atoms with Gasteiger partial charge in [-0.1, -0.05) is 70.4 Å². The van der Waals surface area contributed by atoms with Crippen LogP contribution in [0.2, 0.25) is 0 Å². The first-order valence-electron chi connectivity index (χ1n) is 9.71. The van der Waals surface area contributed by atoms with E-state index in [1.807, 2.05) is 34.5 Å². The summed E-state index contributed by atoms with van der Waals surface area (Å²) in [6.07, 6.45) is 5.13. The van der Waals surface area contributed by atoms with E-state index >= 15 is 0 Å². The van der Waals surface area contributed by atoms with Gasteiger partial charge in [-0.2, -0.15) is 0 Å². The van der Waals surface area contributed by atoms with Crippen LogP contribution in [-0.2, 0) is 9.59 Å². The van der Waals surface area contributed by atoms with Crippen LogP contribution < -0.4 is 0 Å². The van der Waals surface area contributed by atoms with Gasteiger partial charge in [-0.3, -0.25) is 4.79 Å². The van der Waals surface area contributed by atoms with E-state index in [0.29, 0.717) is 6.42 Å². The van der Waals surface area contributed by atoms with Gasteiger partial charge in [-0.25, -0.2) is 0 Å². The van der Waals surface area contributed by atoms with Gasteiger partial charge >= 0.3 is 0 Å². The number of allylic oxidation sites excluding steroid dienone is 3. The second kappa shape index (κ2) is 15.3. The summed E-state index contributed by atoms with van der Waals surface area (Å²) in [5.41, 5.74) is 6.55. The predicted octanol–water partition coefficient (Wildman–Crippen LogP) is 7.20. The molecule has 1 rings (SSSR count). The first-order chi connectivity index (χ1) is 12.4. The molecule has 0 aliphatic rings. The van der Waals surface area contributed by atoms with Crippen LogP contribution in [0.15, 0.2) is 30.4 Å². The van der Waals surface area contributed by atoms with E-state index in [-0.39, 0.29) is 5.78 Å². The summed E-state index contributed by atoms with van der Waals surface area (Å²) in [6.45, 7) is 20.4. The first kappa shape index (κ1) is 26.3. The molecule has 0 atom stereocenters. The SMILES string of the molecule is C=C(C)c1ccc(C)c(/C(C(=O)CC)=C(/C)CCCCC)c1.C=O.CC. The average Bonchev–Trinajstić information content (AvgIpc) is 2.66. The topological polar surface area (TPSA) is 34.1 Å². The normalized spacial score (nSPS) is 10.6. The lowest BCUT2D eigenvalue weighted by Crippen LogP contribution is -2.05. The Balaban J connectivity index is 0. The maximum Gasteiger partial charge on any atom is 0.163 e. The van der Waals surface area contributed by atoms with Crippen LogP contribution in [0.5, 0.6) is 0 Å². The summed E-state index contributed by atoms with van der Waals surface area (Å²) in [6, 6.07) is 6.31. The molecule has 0 saturated carbocycles. The van der Waals surface area contributed by atoms with Gasteiger partial charge in [0, 0.05) is 12.0 Å². The van der Waals surface area contributed by atoms with Crippen LogP contribution in [0.1, 0.15) is 90.3 Å². The number of ketones is 1. The molecule has 0 aliphatic heterocycles. The number of carbonyl (C=O) groups is 2. The third-order valence-corrected chi connectivity index (χ3v) is 4.18. The summed E-state index contributed by atoms with van der Waals surface area (Å²) in [4.78, 5) is 20.5. The second-order valence-electron chi connectivity index (χ2n) is 6.20. The molecule has 146 valence electrons.